The molecule has 0 bridgehead atoms. The van der Waals surface area contributed by atoms with Crippen molar-refractivity contribution in [1.82, 2.24) is 0 Å². The van der Waals surface area contributed by atoms with Crippen molar-refractivity contribution < 1.29 is 16.4 Å². The summed E-state index contributed by atoms with van der Waals surface area (Å²) >= 11 is 0. The van der Waals surface area contributed by atoms with Gasteiger partial charge in [-0.2, -0.15) is 0 Å². The van der Waals surface area contributed by atoms with E-state index in [0.717, 1.165) is 101 Å². The molecule has 0 aliphatic rings. The second kappa shape index (κ2) is 13.6. The van der Waals surface area contributed by atoms with Gasteiger partial charge in [0.05, 0.1) is 0 Å². The molecule has 0 saturated carbocycles. The SMILES string of the molecule is CCCCP(CC)(CC)(CCCC)OS(=O)(=O)OP(CC)(CC)(CCCC)CCCC. The number of rotatable bonds is 20. The van der Waals surface area contributed by atoms with Crippen LogP contribution in [-0.2, 0) is 18.3 Å². The molecule has 0 atom stereocenters. The molecule has 0 fully saturated rings. The molecule has 0 aliphatic heterocycles. The zero-order chi connectivity index (χ0) is 24.1. The third-order valence-corrected chi connectivity index (χ3v) is 25.1. The molecule has 0 saturated heterocycles. The Morgan fingerprint density at radius 2 is 0.710 bits per heavy atom. The molecule has 7 heteroatoms. The molecule has 0 aromatic heterocycles. The molecular weight excluding hydrogens is 446 g/mol. The first-order valence-electron chi connectivity index (χ1n) is 13.2. The predicted octanol–water partition coefficient (Wildman–Crippen LogP) is 8.48. The minimum absolute atomic E-state index is 0.822. The molecule has 0 aromatic carbocycles. The van der Waals surface area contributed by atoms with E-state index in [1.165, 1.54) is 0 Å². The quantitative estimate of drug-likeness (QED) is 0.157. The van der Waals surface area contributed by atoms with E-state index in [2.05, 4.69) is 55.4 Å². The Labute approximate surface area is 196 Å². The van der Waals surface area contributed by atoms with Crippen LogP contribution in [0.5, 0.6) is 0 Å². The van der Waals surface area contributed by atoms with Crippen molar-refractivity contribution in [1.29, 1.82) is 0 Å². The summed E-state index contributed by atoms with van der Waals surface area (Å²) in [4.78, 5) is 0. The summed E-state index contributed by atoms with van der Waals surface area (Å²) in [5, 5.41) is 0. The van der Waals surface area contributed by atoms with Crippen molar-refractivity contribution in [3.05, 3.63) is 0 Å². The maximum atomic E-state index is 13.8. The third kappa shape index (κ3) is 8.47. The summed E-state index contributed by atoms with van der Waals surface area (Å²) < 4.78 is 40.5. The van der Waals surface area contributed by atoms with E-state index >= 15 is 0 Å². The monoisotopic (exact) mass is 502 g/mol. The van der Waals surface area contributed by atoms with E-state index in [0.29, 0.717) is 0 Å². The summed E-state index contributed by atoms with van der Waals surface area (Å²) in [7, 11) is -4.07. The molecule has 0 spiro atoms. The molecule has 0 radical (unpaired) electrons. The van der Waals surface area contributed by atoms with Gasteiger partial charge in [-0.1, -0.05) is 0 Å². The molecule has 0 amide bonds. The van der Waals surface area contributed by atoms with Gasteiger partial charge in [-0.15, -0.1) is 0 Å². The zero-order valence-corrected chi connectivity index (χ0v) is 24.9. The molecule has 4 nitrogen and oxygen atoms in total. The van der Waals surface area contributed by atoms with Crippen molar-refractivity contribution in [3.63, 3.8) is 0 Å². The molecule has 31 heavy (non-hydrogen) atoms. The van der Waals surface area contributed by atoms with Crippen LogP contribution in [0, 0.1) is 0 Å². The molecule has 0 heterocycles. The Morgan fingerprint density at radius 3 is 0.871 bits per heavy atom. The van der Waals surface area contributed by atoms with Crippen LogP contribution in [0.4, 0.5) is 0 Å². The van der Waals surface area contributed by atoms with Crippen LogP contribution in [-0.4, -0.2) is 57.7 Å². The van der Waals surface area contributed by atoms with Crippen molar-refractivity contribution in [2.75, 3.05) is 49.3 Å². The van der Waals surface area contributed by atoms with E-state index in [1.54, 1.807) is 0 Å². The third-order valence-electron chi connectivity index (χ3n) is 8.11. The Bertz CT molecular complexity index is 529. The van der Waals surface area contributed by atoms with Gasteiger partial charge >= 0.3 is 196 Å². The van der Waals surface area contributed by atoms with Gasteiger partial charge < -0.3 is 0 Å². The second-order valence-corrected chi connectivity index (χ2v) is 23.6. The minimum atomic E-state index is -4.07. The van der Waals surface area contributed by atoms with Crippen LogP contribution in [0.3, 0.4) is 0 Å². The molecule has 192 valence electrons. The van der Waals surface area contributed by atoms with E-state index in [4.69, 9.17) is 7.94 Å². The number of hydrogen-bond donors (Lipinski definition) is 0. The maximum absolute atomic E-state index is 13.8. The van der Waals surface area contributed by atoms with Crippen LogP contribution in [0.2, 0.25) is 0 Å². The van der Waals surface area contributed by atoms with Gasteiger partial charge in [-0.25, -0.2) is 0 Å². The normalized spacial score (nSPS) is 15.9. The van der Waals surface area contributed by atoms with Crippen LogP contribution < -0.4 is 0 Å². The van der Waals surface area contributed by atoms with Crippen molar-refractivity contribution >= 4 is 24.1 Å². The first-order chi connectivity index (χ1) is 14.5. The molecular formula is C24H56O4P2S. The van der Waals surface area contributed by atoms with Gasteiger partial charge in [0.1, 0.15) is 0 Å². The van der Waals surface area contributed by atoms with Crippen LogP contribution in [0.25, 0.3) is 0 Å². The second-order valence-electron chi connectivity index (χ2n) is 9.85. The van der Waals surface area contributed by atoms with Gasteiger partial charge in [0.25, 0.3) is 0 Å². The van der Waals surface area contributed by atoms with E-state index in [1.807, 2.05) is 0 Å². The fourth-order valence-electron chi connectivity index (χ4n) is 5.06. The first-order valence-corrected chi connectivity index (χ1v) is 20.3. The molecule has 0 N–H and O–H groups in total. The summed E-state index contributed by atoms with van der Waals surface area (Å²) in [6.07, 6.45) is 15.2. The van der Waals surface area contributed by atoms with Crippen LogP contribution in [0.1, 0.15) is 107 Å². The Morgan fingerprint density at radius 1 is 0.484 bits per heavy atom. The van der Waals surface area contributed by atoms with Crippen molar-refractivity contribution in [2.24, 2.45) is 0 Å². The molecule has 0 aromatic rings. The van der Waals surface area contributed by atoms with Gasteiger partial charge in [-0.3, -0.25) is 0 Å². The van der Waals surface area contributed by atoms with Gasteiger partial charge in [-0.05, 0) is 0 Å². The molecule has 0 aliphatic carbocycles. The Hall–Kier alpha value is 0.730. The molecule has 0 unspecified atom stereocenters. The van der Waals surface area contributed by atoms with Gasteiger partial charge in [0.15, 0.2) is 0 Å². The van der Waals surface area contributed by atoms with Gasteiger partial charge in [0, 0.05) is 0 Å². The van der Waals surface area contributed by atoms with Crippen LogP contribution in [0.15, 0.2) is 0 Å². The fraction of sp³-hybridized carbons (Fsp3) is 1.00. The summed E-state index contributed by atoms with van der Waals surface area (Å²) in [6.45, 7) is 11.5. The summed E-state index contributed by atoms with van der Waals surface area (Å²) in [5.74, 6) is 0. The van der Waals surface area contributed by atoms with E-state index in [-0.39, 0.29) is 0 Å². The zero-order valence-electron chi connectivity index (χ0n) is 22.2. The summed E-state index contributed by atoms with van der Waals surface area (Å²) in [6, 6.07) is 0. The van der Waals surface area contributed by atoms with E-state index in [9.17, 15) is 8.42 Å². The average Bonchev–Trinajstić information content (AvgIpc) is 2.78. The number of unbranched alkanes of at least 4 members (excludes halogenated alkanes) is 4. The van der Waals surface area contributed by atoms with Crippen molar-refractivity contribution in [2.45, 2.75) is 107 Å². The first kappa shape index (κ1) is 31.7. The van der Waals surface area contributed by atoms with E-state index < -0.39 is 24.1 Å². The average molecular weight is 503 g/mol. The summed E-state index contributed by atoms with van der Waals surface area (Å²) in [5.41, 5.74) is 0. The Balaban J connectivity index is 6.34. The molecule has 0 rings (SSSR count). The number of hydrogen-bond acceptors (Lipinski definition) is 4. The van der Waals surface area contributed by atoms with Crippen LogP contribution >= 0.6 is 13.7 Å². The Kier molecular flexibility index (Phi) is 13.9. The fourth-order valence-corrected chi connectivity index (χ4v) is 20.8. The predicted molar refractivity (Wildman–Crippen MR) is 146 cm³/mol. The topological polar surface area (TPSA) is 52.6 Å². The van der Waals surface area contributed by atoms with Crippen molar-refractivity contribution in [3.8, 4) is 0 Å². The standard InChI is InChI=1S/C24H56O4P2S/c1-9-17-21-29(13-5,14-6,22-18-10-2)27-31(25,26)28-30(15-7,16-8,23-19-11-3)24-20-12-4/h9-24H2,1-8H3. The van der Waals surface area contributed by atoms with Gasteiger partial charge in [0.2, 0.25) is 0 Å².